The smallest absolute Gasteiger partial charge is 0.249 e. The molecule has 1 aromatic rings. The van der Waals surface area contributed by atoms with E-state index in [0.29, 0.717) is 18.7 Å². The Morgan fingerprint density at radius 2 is 2.12 bits per heavy atom. The van der Waals surface area contributed by atoms with Gasteiger partial charge in [-0.15, -0.1) is 0 Å². The Morgan fingerprint density at radius 1 is 1.35 bits per heavy atom. The van der Waals surface area contributed by atoms with E-state index in [-0.39, 0.29) is 11.8 Å². The number of hydrogen-bond acceptors (Lipinski definition) is 5. The second-order valence-electron chi connectivity index (χ2n) is 3.81. The van der Waals surface area contributed by atoms with Gasteiger partial charge in [0.05, 0.1) is 0 Å². The lowest BCUT2D eigenvalue weighted by atomic mass is 10.1. The van der Waals surface area contributed by atoms with Crippen LogP contribution in [0.2, 0.25) is 0 Å². The largest absolute Gasteiger partial charge is 0.373 e. The molecule has 1 saturated heterocycles. The lowest BCUT2D eigenvalue weighted by Crippen LogP contribution is -2.47. The van der Waals surface area contributed by atoms with Gasteiger partial charge in [0.1, 0.15) is 17.7 Å². The number of nitrogens with zero attached hydrogens (tertiary/aromatic N) is 1. The van der Waals surface area contributed by atoms with E-state index < -0.39 is 6.04 Å². The number of nitrogens with one attached hydrogen (secondary N) is 3. The molecule has 0 saturated carbocycles. The van der Waals surface area contributed by atoms with Crippen LogP contribution >= 0.6 is 0 Å². The molecular formula is C11H14N4O2. The lowest BCUT2D eigenvalue weighted by molar-refractivity contribution is -0.133. The molecule has 1 fully saturated rings. The number of rotatable bonds is 3. The normalized spacial score (nSPS) is 19.7. The molecule has 0 spiro atoms. The van der Waals surface area contributed by atoms with Crippen LogP contribution < -0.4 is 16.0 Å². The molecule has 1 aromatic heterocycles. The van der Waals surface area contributed by atoms with Crippen LogP contribution in [0.15, 0.2) is 18.2 Å². The van der Waals surface area contributed by atoms with Gasteiger partial charge in [0, 0.05) is 13.5 Å². The standard InChI is InChI=1S/C11H14N4O2/c1-12-8-3-2-4-9(14-8)13-7-5-6-10(16)15-11(7)17/h2-4,7H,5-6H2,1H3,(H2,12,13,14)(H,15,16,17). The maximum absolute atomic E-state index is 11.5. The molecule has 1 aliphatic heterocycles. The molecule has 0 bridgehead atoms. The lowest BCUT2D eigenvalue weighted by Gasteiger charge is -2.22. The van der Waals surface area contributed by atoms with E-state index in [1.54, 1.807) is 13.1 Å². The first-order valence-electron chi connectivity index (χ1n) is 5.44. The molecule has 6 nitrogen and oxygen atoms in total. The highest BCUT2D eigenvalue weighted by Crippen LogP contribution is 2.13. The first kappa shape index (κ1) is 11.4. The van der Waals surface area contributed by atoms with Crippen LogP contribution in [0.4, 0.5) is 11.6 Å². The number of amides is 2. The van der Waals surface area contributed by atoms with Crippen LogP contribution in [0.5, 0.6) is 0 Å². The minimum atomic E-state index is -0.396. The maximum atomic E-state index is 11.5. The van der Waals surface area contributed by atoms with Crippen LogP contribution in [-0.2, 0) is 9.59 Å². The van der Waals surface area contributed by atoms with Crippen LogP contribution in [0.3, 0.4) is 0 Å². The Labute approximate surface area is 98.8 Å². The summed E-state index contributed by atoms with van der Waals surface area (Å²) < 4.78 is 0. The minimum absolute atomic E-state index is 0.218. The van der Waals surface area contributed by atoms with Crippen molar-refractivity contribution in [3.8, 4) is 0 Å². The highest BCUT2D eigenvalue weighted by molar-refractivity contribution is 6.01. The van der Waals surface area contributed by atoms with Crippen molar-refractivity contribution in [3.05, 3.63) is 18.2 Å². The zero-order valence-corrected chi connectivity index (χ0v) is 9.49. The van der Waals surface area contributed by atoms with Crippen molar-refractivity contribution in [3.63, 3.8) is 0 Å². The van der Waals surface area contributed by atoms with Gasteiger partial charge in [0.2, 0.25) is 11.8 Å². The molecule has 0 radical (unpaired) electrons. The third-order valence-electron chi connectivity index (χ3n) is 2.57. The van der Waals surface area contributed by atoms with Gasteiger partial charge in [0.25, 0.3) is 0 Å². The Balaban J connectivity index is 2.05. The number of carbonyl (C=O) groups is 2. The monoisotopic (exact) mass is 234 g/mol. The van der Waals surface area contributed by atoms with Gasteiger partial charge in [-0.25, -0.2) is 4.98 Å². The van der Waals surface area contributed by atoms with E-state index in [1.165, 1.54) is 0 Å². The van der Waals surface area contributed by atoms with Crippen LogP contribution in [-0.4, -0.2) is 29.9 Å². The van der Waals surface area contributed by atoms with E-state index in [2.05, 4.69) is 20.9 Å². The second kappa shape index (κ2) is 4.82. The van der Waals surface area contributed by atoms with Crippen LogP contribution in [0.1, 0.15) is 12.8 Å². The second-order valence-corrected chi connectivity index (χ2v) is 3.81. The molecule has 1 atom stereocenters. The average Bonchev–Trinajstić information content (AvgIpc) is 2.33. The molecule has 2 rings (SSSR count). The predicted molar refractivity (Wildman–Crippen MR) is 63.6 cm³/mol. The highest BCUT2D eigenvalue weighted by Gasteiger charge is 2.26. The van der Waals surface area contributed by atoms with Crippen molar-refractivity contribution in [2.24, 2.45) is 0 Å². The molecule has 90 valence electrons. The molecule has 1 aliphatic rings. The Morgan fingerprint density at radius 3 is 2.82 bits per heavy atom. The van der Waals surface area contributed by atoms with Crippen molar-refractivity contribution < 1.29 is 9.59 Å². The van der Waals surface area contributed by atoms with Crippen molar-refractivity contribution in [2.45, 2.75) is 18.9 Å². The SMILES string of the molecule is CNc1cccc(NC2CCC(=O)NC2=O)n1. The summed E-state index contributed by atoms with van der Waals surface area (Å²) in [5, 5.41) is 8.22. The zero-order chi connectivity index (χ0) is 12.3. The van der Waals surface area contributed by atoms with Gasteiger partial charge < -0.3 is 10.6 Å². The summed E-state index contributed by atoms with van der Waals surface area (Å²) in [5.41, 5.74) is 0. The van der Waals surface area contributed by atoms with Gasteiger partial charge >= 0.3 is 0 Å². The highest BCUT2D eigenvalue weighted by atomic mass is 16.2. The number of carbonyl (C=O) groups excluding carboxylic acids is 2. The number of anilines is 2. The van der Waals surface area contributed by atoms with Gasteiger partial charge in [-0.1, -0.05) is 6.07 Å². The minimum Gasteiger partial charge on any atom is -0.373 e. The number of aromatic nitrogens is 1. The summed E-state index contributed by atoms with van der Waals surface area (Å²) >= 11 is 0. The van der Waals surface area contributed by atoms with Gasteiger partial charge in [-0.05, 0) is 18.6 Å². The Bertz CT molecular complexity index is 447. The van der Waals surface area contributed by atoms with Gasteiger partial charge in [-0.2, -0.15) is 0 Å². The molecule has 1 unspecified atom stereocenters. The van der Waals surface area contributed by atoms with Crippen molar-refractivity contribution in [1.29, 1.82) is 0 Å². The number of imide groups is 1. The van der Waals surface area contributed by atoms with E-state index in [1.807, 2.05) is 12.1 Å². The van der Waals surface area contributed by atoms with E-state index in [0.717, 1.165) is 5.82 Å². The fraction of sp³-hybridized carbons (Fsp3) is 0.364. The number of pyridine rings is 1. The zero-order valence-electron chi connectivity index (χ0n) is 9.49. The fourth-order valence-electron chi connectivity index (χ4n) is 1.66. The molecule has 2 amide bonds. The molecular weight excluding hydrogens is 220 g/mol. The molecule has 17 heavy (non-hydrogen) atoms. The number of piperidine rings is 1. The molecule has 6 heteroatoms. The Kier molecular flexibility index (Phi) is 3.22. The maximum Gasteiger partial charge on any atom is 0.249 e. The average molecular weight is 234 g/mol. The third kappa shape index (κ3) is 2.72. The van der Waals surface area contributed by atoms with E-state index >= 15 is 0 Å². The summed E-state index contributed by atoms with van der Waals surface area (Å²) in [5.74, 6) is 0.830. The topological polar surface area (TPSA) is 83.1 Å². The quantitative estimate of drug-likeness (QED) is 0.657. The molecule has 3 N–H and O–H groups in total. The van der Waals surface area contributed by atoms with E-state index in [4.69, 9.17) is 0 Å². The first-order chi connectivity index (χ1) is 8.19. The van der Waals surface area contributed by atoms with Crippen LogP contribution in [0, 0.1) is 0 Å². The third-order valence-corrected chi connectivity index (χ3v) is 2.57. The summed E-state index contributed by atoms with van der Waals surface area (Å²) in [6.45, 7) is 0. The summed E-state index contributed by atoms with van der Waals surface area (Å²) in [7, 11) is 1.78. The van der Waals surface area contributed by atoms with Crippen molar-refractivity contribution >= 4 is 23.5 Å². The van der Waals surface area contributed by atoms with Crippen LogP contribution in [0.25, 0.3) is 0 Å². The molecule has 0 aliphatic carbocycles. The van der Waals surface area contributed by atoms with Gasteiger partial charge in [-0.3, -0.25) is 14.9 Å². The predicted octanol–water partition coefficient (Wildman–Crippen LogP) is 0.340. The Hall–Kier alpha value is -2.11. The fourth-order valence-corrected chi connectivity index (χ4v) is 1.66. The molecule has 0 aromatic carbocycles. The van der Waals surface area contributed by atoms with Crippen molar-refractivity contribution in [2.75, 3.05) is 17.7 Å². The molecule has 2 heterocycles. The summed E-state index contributed by atoms with van der Waals surface area (Å²) in [4.78, 5) is 26.8. The number of hydrogen-bond donors (Lipinski definition) is 3. The summed E-state index contributed by atoms with van der Waals surface area (Å²) in [6.07, 6.45) is 0.852. The van der Waals surface area contributed by atoms with Gasteiger partial charge in [0.15, 0.2) is 0 Å². The summed E-state index contributed by atoms with van der Waals surface area (Å²) in [6, 6.07) is 5.06. The van der Waals surface area contributed by atoms with E-state index in [9.17, 15) is 9.59 Å². The first-order valence-corrected chi connectivity index (χ1v) is 5.44. The van der Waals surface area contributed by atoms with Crippen molar-refractivity contribution in [1.82, 2.24) is 10.3 Å².